The largest absolute Gasteiger partial charge is 0.392 e. The molecule has 6 rings (SSSR count). The number of aliphatic hydroxyl groups is 1. The molecule has 0 aromatic rings. The van der Waals surface area contributed by atoms with Gasteiger partial charge in [0.1, 0.15) is 0 Å². The van der Waals surface area contributed by atoms with Crippen LogP contribution in [0.4, 0.5) is 0 Å². The van der Waals surface area contributed by atoms with Gasteiger partial charge in [0.15, 0.2) is 5.79 Å². The molecular formula is C21H30O3. The van der Waals surface area contributed by atoms with Crippen LogP contribution in [0, 0.1) is 40.9 Å². The van der Waals surface area contributed by atoms with E-state index in [-0.39, 0.29) is 17.3 Å². The van der Waals surface area contributed by atoms with E-state index in [1.165, 1.54) is 32.1 Å². The molecule has 5 aliphatic carbocycles. The highest BCUT2D eigenvalue weighted by molar-refractivity contribution is 5.24. The van der Waals surface area contributed by atoms with E-state index in [4.69, 9.17) is 9.47 Å². The van der Waals surface area contributed by atoms with Gasteiger partial charge in [0.2, 0.25) is 0 Å². The molecule has 132 valence electrons. The van der Waals surface area contributed by atoms with Gasteiger partial charge in [0.25, 0.3) is 0 Å². The zero-order chi connectivity index (χ0) is 16.1. The van der Waals surface area contributed by atoms with Crippen LogP contribution >= 0.6 is 0 Å². The molecule has 6 aliphatic rings. The molecule has 1 heterocycles. The lowest BCUT2D eigenvalue weighted by atomic mass is 9.51. The van der Waals surface area contributed by atoms with Crippen molar-refractivity contribution in [2.24, 2.45) is 40.9 Å². The first-order chi connectivity index (χ1) is 11.6. The van der Waals surface area contributed by atoms with Crippen LogP contribution in [-0.4, -0.2) is 30.2 Å². The maximum Gasteiger partial charge on any atom is 0.172 e. The monoisotopic (exact) mass is 330 g/mol. The molecule has 1 spiro atoms. The summed E-state index contributed by atoms with van der Waals surface area (Å²) in [4.78, 5) is 0. The number of aliphatic hydroxyl groups excluding tert-OH is 1. The molecule has 5 fully saturated rings. The first-order valence-electron chi connectivity index (χ1n) is 10.3. The summed E-state index contributed by atoms with van der Waals surface area (Å²) in [5.74, 6) is 4.43. The van der Waals surface area contributed by atoms with Crippen LogP contribution in [0.15, 0.2) is 11.6 Å². The van der Waals surface area contributed by atoms with Crippen LogP contribution in [0.2, 0.25) is 0 Å². The SMILES string of the molecule is CC12CCC3C4CCC5(CC4=CCC3C1C1C[C@H]1C2O)OCCO5. The number of allylic oxidation sites excluding steroid dienone is 1. The van der Waals surface area contributed by atoms with Crippen LogP contribution in [0.25, 0.3) is 0 Å². The second kappa shape index (κ2) is 4.66. The second-order valence-electron chi connectivity index (χ2n) is 9.85. The average molecular weight is 330 g/mol. The van der Waals surface area contributed by atoms with E-state index >= 15 is 0 Å². The normalized spacial score (nSPS) is 56.9. The summed E-state index contributed by atoms with van der Waals surface area (Å²) in [5, 5.41) is 10.8. The molecule has 1 saturated heterocycles. The van der Waals surface area contributed by atoms with E-state index < -0.39 is 0 Å². The van der Waals surface area contributed by atoms with E-state index in [0.717, 1.165) is 55.6 Å². The molecule has 1 N–H and O–H groups in total. The van der Waals surface area contributed by atoms with Gasteiger partial charge in [-0.2, -0.15) is 0 Å². The van der Waals surface area contributed by atoms with Crippen molar-refractivity contribution in [3.63, 3.8) is 0 Å². The standard InChI is InChI=1S/C21H30O3/c1-20-6-4-14-13-5-7-21(23-8-9-24-21)11-12(13)2-3-15(14)18(20)16-10-17(16)19(20)22/h2,13-19,22H,3-11H2,1H3/t13?,14?,15?,16?,17-,18?,19?,20?/m1/s1. The topological polar surface area (TPSA) is 38.7 Å². The Morgan fingerprint density at radius 2 is 1.88 bits per heavy atom. The molecule has 0 aromatic heterocycles. The molecule has 0 radical (unpaired) electrons. The molecule has 0 aromatic carbocycles. The van der Waals surface area contributed by atoms with Crippen molar-refractivity contribution in [2.75, 3.05) is 13.2 Å². The third-order valence-electron chi connectivity index (χ3n) is 8.99. The molecule has 0 bridgehead atoms. The zero-order valence-electron chi connectivity index (χ0n) is 14.7. The lowest BCUT2D eigenvalue weighted by molar-refractivity contribution is -0.177. The van der Waals surface area contributed by atoms with Gasteiger partial charge in [-0.1, -0.05) is 18.6 Å². The van der Waals surface area contributed by atoms with E-state index in [0.29, 0.717) is 5.92 Å². The fraction of sp³-hybridized carbons (Fsp3) is 0.905. The van der Waals surface area contributed by atoms with Crippen molar-refractivity contribution < 1.29 is 14.6 Å². The lowest BCUT2D eigenvalue weighted by Gasteiger charge is -2.55. The van der Waals surface area contributed by atoms with Gasteiger partial charge in [-0.25, -0.2) is 0 Å². The van der Waals surface area contributed by atoms with Crippen LogP contribution < -0.4 is 0 Å². The molecular weight excluding hydrogens is 300 g/mol. The van der Waals surface area contributed by atoms with Crippen LogP contribution in [0.5, 0.6) is 0 Å². The maximum absolute atomic E-state index is 10.8. The van der Waals surface area contributed by atoms with E-state index in [1.807, 2.05) is 0 Å². The Balaban J connectivity index is 1.31. The minimum Gasteiger partial charge on any atom is -0.392 e. The minimum atomic E-state index is -0.274. The predicted octanol–water partition coefficient (Wildman–Crippen LogP) is 3.52. The van der Waals surface area contributed by atoms with Gasteiger partial charge < -0.3 is 14.6 Å². The van der Waals surface area contributed by atoms with Crippen molar-refractivity contribution in [1.29, 1.82) is 0 Å². The molecule has 7 unspecified atom stereocenters. The third-order valence-corrected chi connectivity index (χ3v) is 8.99. The summed E-state index contributed by atoms with van der Waals surface area (Å²) in [7, 11) is 0. The van der Waals surface area contributed by atoms with E-state index in [2.05, 4.69) is 13.0 Å². The first-order valence-corrected chi connectivity index (χ1v) is 10.3. The summed E-state index contributed by atoms with van der Waals surface area (Å²) >= 11 is 0. The second-order valence-corrected chi connectivity index (χ2v) is 9.85. The Labute approximate surface area is 144 Å². The zero-order valence-corrected chi connectivity index (χ0v) is 14.7. The van der Waals surface area contributed by atoms with Gasteiger partial charge in [0.05, 0.1) is 19.3 Å². The predicted molar refractivity (Wildman–Crippen MR) is 90.1 cm³/mol. The fourth-order valence-corrected chi connectivity index (χ4v) is 7.92. The maximum atomic E-state index is 10.8. The van der Waals surface area contributed by atoms with Crippen molar-refractivity contribution >= 4 is 0 Å². The van der Waals surface area contributed by atoms with Crippen LogP contribution in [-0.2, 0) is 9.47 Å². The first kappa shape index (κ1) is 14.8. The van der Waals surface area contributed by atoms with Gasteiger partial charge >= 0.3 is 0 Å². The third kappa shape index (κ3) is 1.74. The summed E-state index contributed by atoms with van der Waals surface area (Å²) in [5.41, 5.74) is 1.85. The van der Waals surface area contributed by atoms with E-state index in [1.54, 1.807) is 5.57 Å². The molecule has 8 atom stereocenters. The Hall–Kier alpha value is -0.380. The molecule has 1 aliphatic heterocycles. The van der Waals surface area contributed by atoms with Crippen LogP contribution in [0.3, 0.4) is 0 Å². The van der Waals surface area contributed by atoms with Crippen molar-refractivity contribution in [3.8, 4) is 0 Å². The van der Waals surface area contributed by atoms with Crippen molar-refractivity contribution in [3.05, 3.63) is 11.6 Å². The quantitative estimate of drug-likeness (QED) is 0.691. The Morgan fingerprint density at radius 3 is 2.71 bits per heavy atom. The highest BCUT2D eigenvalue weighted by atomic mass is 16.7. The van der Waals surface area contributed by atoms with Crippen molar-refractivity contribution in [2.45, 2.75) is 63.8 Å². The molecule has 3 heteroatoms. The number of rotatable bonds is 0. The Bertz CT molecular complexity index is 592. The molecule has 0 amide bonds. The summed E-state index contributed by atoms with van der Waals surface area (Å²) in [6.45, 7) is 3.94. The van der Waals surface area contributed by atoms with Gasteiger partial charge in [-0.15, -0.1) is 0 Å². The van der Waals surface area contributed by atoms with Crippen molar-refractivity contribution in [1.82, 2.24) is 0 Å². The lowest BCUT2D eigenvalue weighted by Crippen LogP contribution is -2.50. The highest BCUT2D eigenvalue weighted by Crippen LogP contribution is 2.71. The van der Waals surface area contributed by atoms with Crippen LogP contribution in [0.1, 0.15) is 51.9 Å². The fourth-order valence-electron chi connectivity index (χ4n) is 7.92. The average Bonchev–Trinajstić information content (AvgIpc) is 3.18. The summed E-state index contributed by atoms with van der Waals surface area (Å²) in [6, 6.07) is 0. The molecule has 24 heavy (non-hydrogen) atoms. The number of fused-ring (bicyclic) bond motifs is 7. The number of ether oxygens (including phenoxy) is 2. The minimum absolute atomic E-state index is 0.0197. The highest BCUT2D eigenvalue weighted by Gasteiger charge is 2.69. The van der Waals surface area contributed by atoms with Gasteiger partial charge in [-0.05, 0) is 73.0 Å². The Morgan fingerprint density at radius 1 is 1.04 bits per heavy atom. The summed E-state index contributed by atoms with van der Waals surface area (Å²) in [6.07, 6.45) is 11.0. The van der Waals surface area contributed by atoms with E-state index in [9.17, 15) is 5.11 Å². The summed E-state index contributed by atoms with van der Waals surface area (Å²) < 4.78 is 12.0. The van der Waals surface area contributed by atoms with Gasteiger partial charge in [-0.3, -0.25) is 0 Å². The Kier molecular flexibility index (Phi) is 2.87. The molecule has 4 saturated carbocycles. The smallest absolute Gasteiger partial charge is 0.172 e. The number of hydrogen-bond acceptors (Lipinski definition) is 3. The number of hydrogen-bond donors (Lipinski definition) is 1. The molecule has 3 nitrogen and oxygen atoms in total. The van der Waals surface area contributed by atoms with Gasteiger partial charge in [0, 0.05) is 12.8 Å².